The SMILES string of the molecule is CC1(C)CCC(CN2CCN(c3ccc(C(=O)NS(=O)(=O)c4ccc(NCC5CC[PH](C)(O)CC5)c([N+](=O)[O-])c4)c(Oc4cnc5[nH]ccc5c4)c3)CC2)=C(c2ccc(Cl)cc2)C1. The van der Waals surface area contributed by atoms with Crippen LogP contribution in [0.25, 0.3) is 16.6 Å². The first-order valence-corrected chi connectivity index (χ1v) is 26.2. The molecule has 0 unspecified atom stereocenters. The van der Waals surface area contributed by atoms with Gasteiger partial charge in [0.15, 0.2) is 0 Å². The van der Waals surface area contributed by atoms with Crippen molar-refractivity contribution < 1.29 is 27.8 Å². The number of nitro benzene ring substituents is 1. The number of carbonyl (C=O) groups excluding carboxylic acids is 1. The number of benzene rings is 3. The fourth-order valence-electron chi connectivity index (χ4n) is 8.95. The van der Waals surface area contributed by atoms with Crippen LogP contribution in [0.5, 0.6) is 11.5 Å². The van der Waals surface area contributed by atoms with E-state index in [1.807, 2.05) is 24.9 Å². The number of aromatic nitrogens is 2. The van der Waals surface area contributed by atoms with Crippen LogP contribution in [-0.2, 0) is 10.0 Å². The smallest absolute Gasteiger partial charge is 0.146 e. The number of aromatic amines is 1. The molecule has 8 rings (SSSR count). The number of piperazine rings is 1. The van der Waals surface area contributed by atoms with E-state index in [4.69, 9.17) is 16.3 Å². The van der Waals surface area contributed by atoms with E-state index in [0.717, 1.165) is 99.3 Å². The van der Waals surface area contributed by atoms with Crippen molar-refractivity contribution in [2.75, 3.05) is 68.5 Å². The van der Waals surface area contributed by atoms with E-state index in [2.05, 4.69) is 55.8 Å². The van der Waals surface area contributed by atoms with Crippen molar-refractivity contribution in [3.05, 3.63) is 117 Å². The minimum atomic E-state index is -4.57. The maximum Gasteiger partial charge on any atom is 0.146 e. The molecule has 1 amide bonds. The van der Waals surface area contributed by atoms with Crippen LogP contribution in [0, 0.1) is 21.4 Å². The Morgan fingerprint density at radius 1 is 1.05 bits per heavy atom. The van der Waals surface area contributed by atoms with Crippen LogP contribution in [-0.4, -0.2) is 97.3 Å². The molecular weight excluding hydrogens is 861 g/mol. The average Bonchev–Trinajstić information content (AvgIpc) is 3.72. The van der Waals surface area contributed by atoms with Gasteiger partial charge in [-0.05, 0) is 72.2 Å². The van der Waals surface area contributed by atoms with Gasteiger partial charge in [-0.15, -0.1) is 0 Å². The number of pyridine rings is 1. The Hall–Kier alpha value is -5.05. The van der Waals surface area contributed by atoms with E-state index < -0.39 is 38.9 Å². The number of anilines is 2. The first kappa shape index (κ1) is 44.6. The predicted octanol–water partition coefficient (Wildman–Crippen LogP) is 8.93. The molecule has 1 aliphatic carbocycles. The second-order valence-corrected chi connectivity index (χ2v) is 24.4. The number of nitrogens with one attached hydrogen (secondary N) is 3. The number of fused-ring (bicyclic) bond motifs is 1. The van der Waals surface area contributed by atoms with Crippen LogP contribution >= 0.6 is 19.1 Å². The maximum atomic E-state index is 13.9. The molecule has 0 spiro atoms. The molecule has 14 nitrogen and oxygen atoms in total. The van der Waals surface area contributed by atoms with Gasteiger partial charge in [-0.2, -0.15) is 0 Å². The van der Waals surface area contributed by atoms with Crippen molar-refractivity contribution in [1.29, 1.82) is 0 Å². The number of carbonyl (C=O) groups is 1. The van der Waals surface area contributed by atoms with Gasteiger partial charge in [0.25, 0.3) is 0 Å². The summed E-state index contributed by atoms with van der Waals surface area (Å²) in [6.07, 6.45) is 9.66. The second kappa shape index (κ2) is 18.2. The molecule has 5 aromatic rings. The summed E-state index contributed by atoms with van der Waals surface area (Å²) in [5.74, 6) is -0.251. The second-order valence-electron chi connectivity index (χ2n) is 18.3. The van der Waals surface area contributed by atoms with E-state index in [1.165, 1.54) is 35.0 Å². The minimum Gasteiger partial charge on any atom is -0.455 e. The Labute approximate surface area is 373 Å². The zero-order valence-corrected chi connectivity index (χ0v) is 38.4. The third-order valence-electron chi connectivity index (χ3n) is 12.8. The molecule has 2 fully saturated rings. The van der Waals surface area contributed by atoms with Gasteiger partial charge in [-0.3, -0.25) is 9.69 Å². The molecule has 0 atom stereocenters. The number of sulfonamides is 1. The number of nitro groups is 1. The molecule has 0 radical (unpaired) electrons. The van der Waals surface area contributed by atoms with Crippen molar-refractivity contribution in [2.45, 2.75) is 50.8 Å². The number of hydrogen-bond donors (Lipinski definition) is 4. The monoisotopic (exact) mass is 915 g/mol. The van der Waals surface area contributed by atoms with Crippen molar-refractivity contribution in [2.24, 2.45) is 11.3 Å². The Balaban J connectivity index is 0.993. The maximum absolute atomic E-state index is 13.9. The number of hydrogen-bond acceptors (Lipinski definition) is 11. The first-order chi connectivity index (χ1) is 30.0. The molecule has 2 aliphatic heterocycles. The average molecular weight is 916 g/mol. The van der Waals surface area contributed by atoms with E-state index in [-0.39, 0.29) is 28.3 Å². The molecule has 4 heterocycles. The molecular formula is C46H55ClN7O7PS. The predicted molar refractivity (Wildman–Crippen MR) is 252 cm³/mol. The fourth-order valence-corrected chi connectivity index (χ4v) is 12.4. The number of halogens is 1. The van der Waals surface area contributed by atoms with Crippen LogP contribution in [0.2, 0.25) is 5.02 Å². The summed E-state index contributed by atoms with van der Waals surface area (Å²) in [5, 5.41) is 16.8. The Morgan fingerprint density at radius 2 is 1.79 bits per heavy atom. The summed E-state index contributed by atoms with van der Waals surface area (Å²) < 4.78 is 35.9. The molecule has 17 heteroatoms. The zero-order valence-electron chi connectivity index (χ0n) is 35.8. The van der Waals surface area contributed by atoms with Gasteiger partial charge < -0.3 is 14.6 Å². The zero-order chi connectivity index (χ0) is 44.5. The van der Waals surface area contributed by atoms with Gasteiger partial charge in [-0.25, -0.2) is 4.98 Å². The standard InChI is InChI=1S/C46H55ClN7O7PS/c1-46(2)16-12-34(40(27-46)32-4-6-35(47)7-5-32)30-52-18-20-53(21-19-52)36-8-10-39(43(25-36)61-37-24-33-13-17-48-44(33)50-29-37)45(55)51-63(59,60)38-9-11-41(42(26-38)54(56)57)49-28-31-14-22-62(3,58)23-15-31/h4-11,13,17,24-26,29,31,49,58,62H,12,14-16,18-23,27-28,30H2,1-3H3,(H,48,50)(H,51,55). The van der Waals surface area contributed by atoms with Gasteiger partial charge in [0.2, 0.25) is 0 Å². The normalized spacial score (nSPS) is 19.7. The molecule has 2 saturated heterocycles. The van der Waals surface area contributed by atoms with Gasteiger partial charge in [0, 0.05) is 61.1 Å². The fraction of sp³-hybridized carbons (Fsp3) is 0.391. The van der Waals surface area contributed by atoms with Crippen LogP contribution in [0.15, 0.2) is 95.7 Å². The van der Waals surface area contributed by atoms with Crippen LogP contribution in [0.1, 0.15) is 61.9 Å². The minimum absolute atomic E-state index is 0.0423. The molecule has 0 saturated carbocycles. The summed E-state index contributed by atoms with van der Waals surface area (Å²) in [5.41, 5.74) is 5.50. The number of H-pyrrole nitrogens is 1. The Morgan fingerprint density at radius 3 is 2.52 bits per heavy atom. The molecule has 3 aromatic carbocycles. The van der Waals surface area contributed by atoms with Crippen molar-refractivity contribution in [3.8, 4) is 11.5 Å². The summed E-state index contributed by atoms with van der Waals surface area (Å²) >= 11 is 6.24. The number of ether oxygens (including phenoxy) is 1. The third kappa shape index (κ3) is 10.7. The van der Waals surface area contributed by atoms with Crippen LogP contribution < -0.4 is 19.7 Å². The number of amides is 1. The number of allylic oxidation sites excluding steroid dienone is 1. The summed E-state index contributed by atoms with van der Waals surface area (Å²) in [4.78, 5) is 47.6. The largest absolute Gasteiger partial charge is 0.455 e. The number of nitrogens with zero attached hydrogens (tertiary/aromatic N) is 4. The topological polar surface area (TPSA) is 183 Å². The molecule has 0 bridgehead atoms. The Kier molecular flexibility index (Phi) is 12.9. The molecule has 3 aliphatic rings. The number of rotatable bonds is 13. The van der Waals surface area contributed by atoms with E-state index in [1.54, 1.807) is 30.5 Å². The van der Waals surface area contributed by atoms with Gasteiger partial charge in [0.1, 0.15) is 17.1 Å². The summed E-state index contributed by atoms with van der Waals surface area (Å²) in [7, 11) is -6.73. The molecule has 63 heavy (non-hydrogen) atoms. The third-order valence-corrected chi connectivity index (χ3v) is 17.1. The first-order valence-electron chi connectivity index (χ1n) is 21.5. The molecule has 4 N–H and O–H groups in total. The van der Waals surface area contributed by atoms with Crippen LogP contribution in [0.3, 0.4) is 0 Å². The molecule has 2 aromatic heterocycles. The van der Waals surface area contributed by atoms with Gasteiger partial charge >= 0.3 is 141 Å². The van der Waals surface area contributed by atoms with Crippen molar-refractivity contribution >= 4 is 68.7 Å². The Bertz CT molecular complexity index is 2650. The quantitative estimate of drug-likeness (QED) is 0.0503. The van der Waals surface area contributed by atoms with Gasteiger partial charge in [-0.1, -0.05) is 43.2 Å². The van der Waals surface area contributed by atoms with E-state index in [0.29, 0.717) is 17.9 Å². The molecule has 334 valence electrons. The van der Waals surface area contributed by atoms with Gasteiger partial charge in [0.05, 0.1) is 11.8 Å². The van der Waals surface area contributed by atoms with E-state index in [9.17, 15) is 28.2 Å². The van der Waals surface area contributed by atoms with E-state index >= 15 is 0 Å². The summed E-state index contributed by atoms with van der Waals surface area (Å²) in [6, 6.07) is 20.4. The van der Waals surface area contributed by atoms with Crippen molar-refractivity contribution in [3.63, 3.8) is 0 Å². The van der Waals surface area contributed by atoms with Crippen molar-refractivity contribution in [1.82, 2.24) is 19.6 Å². The summed E-state index contributed by atoms with van der Waals surface area (Å²) in [6.45, 7) is 11.0. The van der Waals surface area contributed by atoms with Crippen LogP contribution in [0.4, 0.5) is 17.1 Å².